The van der Waals surface area contributed by atoms with Gasteiger partial charge in [-0.05, 0) is 6.42 Å². The first kappa shape index (κ1) is 23.0. The Morgan fingerprint density at radius 1 is 1.46 bits per heavy atom. The third-order valence-electron chi connectivity index (χ3n) is 3.30. The van der Waals surface area contributed by atoms with Crippen molar-refractivity contribution in [2.24, 2.45) is 4.99 Å². The lowest BCUT2D eigenvalue weighted by atomic mass is 10.3. The number of nitrogens with zero attached hydrogens (tertiary/aromatic N) is 3. The number of hydrogen-bond acceptors (Lipinski definition) is 3. The molecule has 1 aliphatic heterocycles. The normalized spacial score (nSPS) is 18.7. The van der Waals surface area contributed by atoms with Crippen LogP contribution in [0.5, 0.6) is 0 Å². The van der Waals surface area contributed by atoms with Crippen LogP contribution in [0.1, 0.15) is 6.42 Å². The highest BCUT2D eigenvalue weighted by atomic mass is 127. The van der Waals surface area contributed by atoms with E-state index < -0.39 is 12.7 Å². The molecule has 24 heavy (non-hydrogen) atoms. The number of halogens is 4. The van der Waals surface area contributed by atoms with Gasteiger partial charge in [0.2, 0.25) is 5.91 Å². The van der Waals surface area contributed by atoms with Gasteiger partial charge in [-0.2, -0.15) is 13.2 Å². The third kappa shape index (κ3) is 9.30. The van der Waals surface area contributed by atoms with Crippen molar-refractivity contribution in [2.75, 3.05) is 46.8 Å². The highest BCUT2D eigenvalue weighted by Crippen LogP contribution is 2.19. The zero-order chi connectivity index (χ0) is 17.5. The second-order valence-electron chi connectivity index (χ2n) is 5.60. The smallest absolute Gasteiger partial charge is 0.353 e. The number of amides is 1. The van der Waals surface area contributed by atoms with E-state index in [9.17, 15) is 18.0 Å². The van der Waals surface area contributed by atoms with Crippen molar-refractivity contribution in [3.8, 4) is 0 Å². The van der Waals surface area contributed by atoms with E-state index in [-0.39, 0.29) is 49.0 Å². The van der Waals surface area contributed by atoms with E-state index in [1.807, 2.05) is 0 Å². The van der Waals surface area contributed by atoms with Crippen molar-refractivity contribution in [3.63, 3.8) is 0 Å². The number of hydrogen-bond donors (Lipinski definition) is 2. The molecule has 0 aromatic heterocycles. The zero-order valence-corrected chi connectivity index (χ0v) is 16.2. The Bertz CT molecular complexity index is 443. The highest BCUT2D eigenvalue weighted by molar-refractivity contribution is 14.0. The predicted molar refractivity (Wildman–Crippen MR) is 98.6 cm³/mol. The molecule has 6 nitrogen and oxygen atoms in total. The summed E-state index contributed by atoms with van der Waals surface area (Å²) in [5.74, 6) is 0.244. The number of rotatable bonds is 6. The van der Waals surface area contributed by atoms with Crippen molar-refractivity contribution in [1.29, 1.82) is 0 Å². The van der Waals surface area contributed by atoms with E-state index >= 15 is 0 Å². The summed E-state index contributed by atoms with van der Waals surface area (Å²) in [4.78, 5) is 18.5. The summed E-state index contributed by atoms with van der Waals surface area (Å²) >= 11 is 0. The van der Waals surface area contributed by atoms with Crippen molar-refractivity contribution >= 4 is 35.8 Å². The molecule has 1 fully saturated rings. The van der Waals surface area contributed by atoms with Gasteiger partial charge in [0.25, 0.3) is 0 Å². The largest absolute Gasteiger partial charge is 0.401 e. The molecule has 1 saturated heterocycles. The highest BCUT2D eigenvalue weighted by Gasteiger charge is 2.34. The number of likely N-dealkylation sites (N-methyl/N-ethyl adjacent to an activating group) is 1. The Balaban J connectivity index is 0.00000529. The van der Waals surface area contributed by atoms with E-state index in [1.54, 1.807) is 20.2 Å². The fraction of sp³-hybridized carbons (Fsp3) is 0.714. The maximum absolute atomic E-state index is 12.4. The van der Waals surface area contributed by atoms with Crippen LogP contribution < -0.4 is 10.6 Å². The van der Waals surface area contributed by atoms with Crippen molar-refractivity contribution in [3.05, 3.63) is 12.7 Å². The lowest BCUT2D eigenvalue weighted by Gasteiger charge is -2.20. The summed E-state index contributed by atoms with van der Waals surface area (Å²) in [6, 6.07) is -0.136. The Hall–Kier alpha value is -1.04. The van der Waals surface area contributed by atoms with Gasteiger partial charge in [0.1, 0.15) is 6.54 Å². The molecule has 1 unspecified atom stereocenters. The fourth-order valence-electron chi connectivity index (χ4n) is 2.15. The topological polar surface area (TPSA) is 60.0 Å². The molecule has 1 amide bonds. The lowest BCUT2D eigenvalue weighted by molar-refractivity contribution is -0.143. The minimum atomic E-state index is -4.19. The molecule has 0 aromatic carbocycles. The molecule has 10 heteroatoms. The fourth-order valence-corrected chi connectivity index (χ4v) is 2.15. The molecule has 140 valence electrons. The second-order valence-corrected chi connectivity index (χ2v) is 5.60. The minimum absolute atomic E-state index is 0. The molecule has 1 aliphatic rings. The van der Waals surface area contributed by atoms with Crippen LogP contribution in [-0.4, -0.2) is 80.7 Å². The van der Waals surface area contributed by atoms with Crippen LogP contribution >= 0.6 is 24.0 Å². The quantitative estimate of drug-likeness (QED) is 0.268. The Morgan fingerprint density at radius 3 is 2.67 bits per heavy atom. The van der Waals surface area contributed by atoms with Crippen LogP contribution in [0, 0.1) is 0 Å². The number of carbonyl (C=O) groups is 1. The molecule has 0 aliphatic carbocycles. The standard InChI is InChI=1S/C14H24F3N5O.HI/c1-4-6-18-13(19-8-12(23)21(2)3)20-11-5-7-22(9-11)10-14(15,16)17;/h4,11H,1,5-10H2,2-3H3,(H2,18,19,20);1H. The number of alkyl halides is 3. The summed E-state index contributed by atoms with van der Waals surface area (Å²) in [6.45, 7) is 3.76. The number of carbonyl (C=O) groups excluding carboxylic acids is 1. The Kier molecular flexibility index (Phi) is 10.3. The minimum Gasteiger partial charge on any atom is -0.353 e. The van der Waals surface area contributed by atoms with E-state index in [1.165, 1.54) is 9.80 Å². The zero-order valence-electron chi connectivity index (χ0n) is 13.9. The number of guanidine groups is 1. The van der Waals surface area contributed by atoms with Crippen molar-refractivity contribution in [1.82, 2.24) is 20.4 Å². The maximum atomic E-state index is 12.4. The molecule has 1 heterocycles. The molecule has 0 radical (unpaired) electrons. The monoisotopic (exact) mass is 463 g/mol. The van der Waals surface area contributed by atoms with Crippen molar-refractivity contribution in [2.45, 2.75) is 18.6 Å². The van der Waals surface area contributed by atoms with Gasteiger partial charge >= 0.3 is 6.18 Å². The van der Waals surface area contributed by atoms with Gasteiger partial charge in [-0.1, -0.05) is 6.08 Å². The summed E-state index contributed by atoms with van der Waals surface area (Å²) in [6.07, 6.45) is -1.97. The molecular weight excluding hydrogens is 438 g/mol. The first-order valence-electron chi connectivity index (χ1n) is 7.36. The van der Waals surface area contributed by atoms with Crippen LogP contribution in [0.15, 0.2) is 17.6 Å². The van der Waals surface area contributed by atoms with Crippen LogP contribution in [0.2, 0.25) is 0 Å². The van der Waals surface area contributed by atoms with E-state index in [2.05, 4.69) is 22.2 Å². The number of aliphatic imine (C=N–C) groups is 1. The average Bonchev–Trinajstić information content (AvgIpc) is 2.86. The van der Waals surface area contributed by atoms with Crippen LogP contribution in [0.3, 0.4) is 0 Å². The van der Waals surface area contributed by atoms with Crippen LogP contribution in [-0.2, 0) is 4.79 Å². The Morgan fingerprint density at radius 2 is 2.12 bits per heavy atom. The van der Waals surface area contributed by atoms with Gasteiger partial charge in [0.15, 0.2) is 5.96 Å². The summed E-state index contributed by atoms with van der Waals surface area (Å²) in [7, 11) is 3.27. The number of likely N-dealkylation sites (tertiary alicyclic amines) is 1. The van der Waals surface area contributed by atoms with Crippen molar-refractivity contribution < 1.29 is 18.0 Å². The lowest BCUT2D eigenvalue weighted by Crippen LogP contribution is -2.45. The second kappa shape index (κ2) is 10.7. The van der Waals surface area contributed by atoms with Crippen LogP contribution in [0.4, 0.5) is 13.2 Å². The van der Waals surface area contributed by atoms with Crippen LogP contribution in [0.25, 0.3) is 0 Å². The van der Waals surface area contributed by atoms with Gasteiger partial charge < -0.3 is 15.5 Å². The maximum Gasteiger partial charge on any atom is 0.401 e. The van der Waals surface area contributed by atoms with Gasteiger partial charge in [0.05, 0.1) is 6.54 Å². The molecule has 1 atom stereocenters. The van der Waals surface area contributed by atoms with Gasteiger partial charge in [-0.3, -0.25) is 9.69 Å². The molecule has 0 saturated carbocycles. The SMILES string of the molecule is C=CCNC(=NCC(=O)N(C)C)NC1CCN(CC(F)(F)F)C1.I. The predicted octanol–water partition coefficient (Wildman–Crippen LogP) is 1.05. The number of nitrogens with one attached hydrogen (secondary N) is 2. The van der Waals surface area contributed by atoms with Gasteiger partial charge in [-0.15, -0.1) is 30.6 Å². The van der Waals surface area contributed by atoms with E-state index in [0.29, 0.717) is 25.5 Å². The first-order valence-corrected chi connectivity index (χ1v) is 7.36. The molecular formula is C14H25F3IN5O. The van der Waals surface area contributed by atoms with E-state index in [0.717, 1.165) is 0 Å². The molecule has 2 N–H and O–H groups in total. The molecule has 0 spiro atoms. The molecule has 1 rings (SSSR count). The van der Waals surface area contributed by atoms with Gasteiger partial charge in [0, 0.05) is 39.8 Å². The van der Waals surface area contributed by atoms with Gasteiger partial charge in [-0.25, -0.2) is 4.99 Å². The Labute approximate surface area is 157 Å². The van der Waals surface area contributed by atoms with E-state index in [4.69, 9.17) is 0 Å². The summed E-state index contributed by atoms with van der Waals surface area (Å²) < 4.78 is 37.2. The molecule has 0 bridgehead atoms. The third-order valence-corrected chi connectivity index (χ3v) is 3.30. The summed E-state index contributed by atoms with van der Waals surface area (Å²) in [5.41, 5.74) is 0. The summed E-state index contributed by atoms with van der Waals surface area (Å²) in [5, 5.41) is 6.04. The molecule has 0 aromatic rings. The first-order chi connectivity index (χ1) is 10.7. The average molecular weight is 463 g/mol.